The lowest BCUT2D eigenvalue weighted by atomic mass is 10.3. The van der Waals surface area contributed by atoms with Crippen LogP contribution in [0.25, 0.3) is 0 Å². The van der Waals surface area contributed by atoms with E-state index < -0.39 is 5.97 Å². The van der Waals surface area contributed by atoms with Crippen LogP contribution in [-0.4, -0.2) is 47.9 Å². The van der Waals surface area contributed by atoms with Gasteiger partial charge >= 0.3 is 5.97 Å². The Hall–Kier alpha value is -0.628. The Morgan fingerprint density at radius 2 is 1.61 bits per heavy atom. The molecule has 0 atom stereocenters. The molecule has 4 nitrogen and oxygen atoms in total. The zero-order valence-corrected chi connectivity index (χ0v) is 11.5. The van der Waals surface area contributed by atoms with Crippen molar-refractivity contribution in [1.82, 2.24) is 0 Å². The summed E-state index contributed by atoms with van der Waals surface area (Å²) in [4.78, 5) is 20.8. The predicted molar refractivity (Wildman–Crippen MR) is 77.8 cm³/mol. The van der Waals surface area contributed by atoms with E-state index in [1.807, 2.05) is 27.7 Å². The lowest BCUT2D eigenvalue weighted by Crippen LogP contribution is -2.09. The smallest absolute Gasteiger partial charge is 0.313 e. The van der Waals surface area contributed by atoms with Gasteiger partial charge in [-0.15, -0.1) is 0 Å². The molecule has 0 aliphatic heterocycles. The topological polar surface area (TPSA) is 52.6 Å². The molecule has 0 saturated heterocycles. The maximum absolute atomic E-state index is 10.5. The SMILES string of the molecule is C=CCOC(=O)CC(C)=O.CC(C)OC(C)C.[AlH3]. The van der Waals surface area contributed by atoms with Crippen molar-refractivity contribution in [2.75, 3.05) is 6.61 Å². The van der Waals surface area contributed by atoms with E-state index in [2.05, 4.69) is 11.3 Å². The summed E-state index contributed by atoms with van der Waals surface area (Å²) in [7, 11) is 0. The van der Waals surface area contributed by atoms with E-state index in [0.717, 1.165) is 0 Å². The summed E-state index contributed by atoms with van der Waals surface area (Å²) in [5, 5.41) is 0. The Morgan fingerprint density at radius 3 is 1.83 bits per heavy atom. The monoisotopic (exact) mass is 274 g/mol. The van der Waals surface area contributed by atoms with Gasteiger partial charge in [-0.05, 0) is 34.6 Å². The third-order valence-corrected chi connectivity index (χ3v) is 1.30. The Bertz CT molecular complexity index is 231. The van der Waals surface area contributed by atoms with E-state index in [1.54, 1.807) is 0 Å². The summed E-state index contributed by atoms with van der Waals surface area (Å²) in [5.74, 6) is -0.679. The minimum absolute atomic E-state index is 0. The average molecular weight is 274 g/mol. The molecule has 0 aromatic rings. The molecule has 0 bridgehead atoms. The van der Waals surface area contributed by atoms with Crippen LogP contribution in [-0.2, 0) is 19.1 Å². The van der Waals surface area contributed by atoms with Gasteiger partial charge in [-0.25, -0.2) is 0 Å². The largest absolute Gasteiger partial charge is 0.461 e. The Morgan fingerprint density at radius 1 is 1.17 bits per heavy atom. The molecule has 0 rings (SSSR count). The first-order valence-electron chi connectivity index (χ1n) is 5.71. The second-order valence-electron chi connectivity index (χ2n) is 4.08. The van der Waals surface area contributed by atoms with Crippen molar-refractivity contribution in [3.63, 3.8) is 0 Å². The quantitative estimate of drug-likeness (QED) is 0.317. The van der Waals surface area contributed by atoms with E-state index >= 15 is 0 Å². The second-order valence-corrected chi connectivity index (χ2v) is 4.08. The highest BCUT2D eigenvalue weighted by Crippen LogP contribution is 1.93. The molecule has 0 radical (unpaired) electrons. The number of carbonyl (C=O) groups excluding carboxylic acids is 2. The highest BCUT2D eigenvalue weighted by molar-refractivity contribution is 5.94. The molecule has 0 N–H and O–H groups in total. The number of Topliss-reactive ketones (excluding diaryl/α,β-unsaturated/α-hetero) is 1. The van der Waals surface area contributed by atoms with Gasteiger partial charge in [-0.3, -0.25) is 9.59 Å². The molecule has 0 aromatic carbocycles. The summed E-state index contributed by atoms with van der Waals surface area (Å²) in [6.07, 6.45) is 2.06. The zero-order chi connectivity index (χ0) is 13.8. The molecule has 0 fully saturated rings. The number of esters is 1. The third kappa shape index (κ3) is 24.6. The minimum Gasteiger partial charge on any atom is -0.461 e. The Labute approximate surface area is 121 Å². The number of hydrogen-bond donors (Lipinski definition) is 0. The van der Waals surface area contributed by atoms with Crippen LogP contribution in [0.3, 0.4) is 0 Å². The van der Waals surface area contributed by atoms with Crippen molar-refractivity contribution < 1.29 is 19.1 Å². The van der Waals surface area contributed by atoms with Gasteiger partial charge in [0.25, 0.3) is 0 Å². The molecule has 106 valence electrons. The van der Waals surface area contributed by atoms with Gasteiger partial charge < -0.3 is 9.47 Å². The number of ether oxygens (including phenoxy) is 2. The molecule has 0 unspecified atom stereocenters. The van der Waals surface area contributed by atoms with Crippen molar-refractivity contribution in [2.45, 2.75) is 53.2 Å². The van der Waals surface area contributed by atoms with Gasteiger partial charge in [0.05, 0.1) is 12.2 Å². The number of hydrogen-bond acceptors (Lipinski definition) is 4. The predicted octanol–water partition coefficient (Wildman–Crippen LogP) is 1.33. The van der Waals surface area contributed by atoms with Crippen LogP contribution in [0.5, 0.6) is 0 Å². The van der Waals surface area contributed by atoms with E-state index in [1.165, 1.54) is 13.0 Å². The second kappa shape index (κ2) is 14.4. The van der Waals surface area contributed by atoms with Crippen LogP contribution in [0.15, 0.2) is 12.7 Å². The summed E-state index contributed by atoms with van der Waals surface area (Å²) in [6.45, 7) is 13.0. The van der Waals surface area contributed by atoms with Crippen molar-refractivity contribution in [3.8, 4) is 0 Å². The van der Waals surface area contributed by atoms with Gasteiger partial charge in [0.15, 0.2) is 17.4 Å². The molecular formula is C13H27AlO4. The fraction of sp³-hybridized carbons (Fsp3) is 0.692. The first-order chi connectivity index (χ1) is 7.79. The van der Waals surface area contributed by atoms with Crippen LogP contribution in [0.1, 0.15) is 41.0 Å². The summed E-state index contributed by atoms with van der Waals surface area (Å²) in [6, 6.07) is 0. The van der Waals surface area contributed by atoms with Gasteiger partial charge in [0, 0.05) is 0 Å². The molecule has 0 heterocycles. The van der Waals surface area contributed by atoms with Crippen molar-refractivity contribution in [2.24, 2.45) is 0 Å². The fourth-order valence-electron chi connectivity index (χ4n) is 0.950. The Kier molecular flexibility index (Phi) is 18.1. The molecule has 0 saturated carbocycles. The number of rotatable bonds is 6. The molecule has 0 spiro atoms. The van der Waals surface area contributed by atoms with Crippen LogP contribution >= 0.6 is 0 Å². The van der Waals surface area contributed by atoms with E-state index in [-0.39, 0.29) is 36.2 Å². The van der Waals surface area contributed by atoms with Crippen LogP contribution in [0.2, 0.25) is 0 Å². The van der Waals surface area contributed by atoms with Crippen LogP contribution in [0.4, 0.5) is 0 Å². The maximum atomic E-state index is 10.5. The first-order valence-corrected chi connectivity index (χ1v) is 5.71. The lowest BCUT2D eigenvalue weighted by Gasteiger charge is -2.09. The third-order valence-electron chi connectivity index (χ3n) is 1.30. The summed E-state index contributed by atoms with van der Waals surface area (Å²) < 4.78 is 9.77. The molecule has 0 aliphatic rings. The zero-order valence-electron chi connectivity index (χ0n) is 11.5. The van der Waals surface area contributed by atoms with Gasteiger partial charge in [-0.1, -0.05) is 12.7 Å². The molecule has 0 amide bonds. The van der Waals surface area contributed by atoms with E-state index in [0.29, 0.717) is 12.2 Å². The normalized spacial score (nSPS) is 9.06. The van der Waals surface area contributed by atoms with Crippen LogP contribution < -0.4 is 0 Å². The lowest BCUT2D eigenvalue weighted by molar-refractivity contribution is -0.144. The van der Waals surface area contributed by atoms with Crippen molar-refractivity contribution in [3.05, 3.63) is 12.7 Å². The van der Waals surface area contributed by atoms with Gasteiger partial charge in [0.2, 0.25) is 0 Å². The molecule has 5 heteroatoms. The fourth-order valence-corrected chi connectivity index (χ4v) is 0.950. The van der Waals surface area contributed by atoms with Crippen molar-refractivity contribution in [1.29, 1.82) is 0 Å². The standard InChI is InChI=1S/C7H10O3.C6H14O.Al.3H/c1-3-4-10-7(9)5-6(2)8;1-5(2)7-6(3)4;;;;/h3H,1,4-5H2,2H3;5-6H,1-4H3;;;;. The van der Waals surface area contributed by atoms with Crippen LogP contribution in [0, 0.1) is 0 Å². The maximum Gasteiger partial charge on any atom is 0.313 e. The van der Waals surface area contributed by atoms with Gasteiger partial charge in [0.1, 0.15) is 18.8 Å². The Balaban J connectivity index is -0.000000251. The average Bonchev–Trinajstić information content (AvgIpc) is 2.12. The highest BCUT2D eigenvalue weighted by Gasteiger charge is 2.03. The minimum atomic E-state index is -0.493. The van der Waals surface area contributed by atoms with E-state index in [4.69, 9.17) is 4.74 Å². The molecule has 18 heavy (non-hydrogen) atoms. The highest BCUT2D eigenvalue weighted by atomic mass is 27.0. The van der Waals surface area contributed by atoms with Crippen molar-refractivity contribution >= 4 is 29.1 Å². The molecular weight excluding hydrogens is 247 g/mol. The van der Waals surface area contributed by atoms with E-state index in [9.17, 15) is 9.59 Å². The molecule has 0 aromatic heterocycles. The summed E-state index contributed by atoms with van der Waals surface area (Å²) >= 11 is 0. The first kappa shape index (κ1) is 22.5. The summed E-state index contributed by atoms with van der Waals surface area (Å²) in [5.41, 5.74) is 0. The molecule has 0 aliphatic carbocycles. The number of ketones is 1. The number of carbonyl (C=O) groups is 2. The van der Waals surface area contributed by atoms with Gasteiger partial charge in [-0.2, -0.15) is 0 Å².